The monoisotopic (exact) mass is 404 g/mol. The van der Waals surface area contributed by atoms with Crippen LogP contribution in [0.3, 0.4) is 0 Å². The normalized spacial score (nSPS) is 25.8. The van der Waals surface area contributed by atoms with Crippen molar-refractivity contribution < 1.29 is 19.4 Å². The van der Waals surface area contributed by atoms with E-state index in [0.29, 0.717) is 26.1 Å². The SMILES string of the molecule is O=C(OCc1ccccc1)N1C2COCC1CC(O)(c1ccc3ncccc3c1)C2. The number of pyridine rings is 1. The smallest absolute Gasteiger partial charge is 0.410 e. The number of fused-ring (bicyclic) bond motifs is 3. The molecule has 3 heterocycles. The zero-order valence-electron chi connectivity index (χ0n) is 16.6. The minimum absolute atomic E-state index is 0.227. The van der Waals surface area contributed by atoms with Crippen LogP contribution < -0.4 is 0 Å². The number of nitrogens with zero attached hydrogens (tertiary/aromatic N) is 2. The first kappa shape index (κ1) is 19.0. The first-order valence-electron chi connectivity index (χ1n) is 10.3. The Hall–Kier alpha value is -2.96. The van der Waals surface area contributed by atoms with E-state index >= 15 is 0 Å². The van der Waals surface area contributed by atoms with Crippen molar-refractivity contribution in [3.63, 3.8) is 0 Å². The number of carbonyl (C=O) groups is 1. The van der Waals surface area contributed by atoms with E-state index in [1.807, 2.05) is 60.7 Å². The quantitative estimate of drug-likeness (QED) is 0.722. The summed E-state index contributed by atoms with van der Waals surface area (Å²) in [6, 6.07) is 19.0. The first-order chi connectivity index (χ1) is 14.6. The van der Waals surface area contributed by atoms with Crippen molar-refractivity contribution in [3.05, 3.63) is 78.0 Å². The summed E-state index contributed by atoms with van der Waals surface area (Å²) in [5.74, 6) is 0. The van der Waals surface area contributed by atoms with Gasteiger partial charge in [-0.25, -0.2) is 4.79 Å². The molecule has 5 rings (SSSR count). The van der Waals surface area contributed by atoms with Crippen LogP contribution in [0.4, 0.5) is 4.79 Å². The van der Waals surface area contributed by atoms with Crippen LogP contribution in [0.5, 0.6) is 0 Å². The third-order valence-corrected chi connectivity index (χ3v) is 6.11. The fourth-order valence-corrected chi connectivity index (χ4v) is 4.67. The molecule has 6 nitrogen and oxygen atoms in total. The maximum atomic E-state index is 12.9. The molecule has 30 heavy (non-hydrogen) atoms. The summed E-state index contributed by atoms with van der Waals surface area (Å²) >= 11 is 0. The Kier molecular flexibility index (Phi) is 4.89. The highest BCUT2D eigenvalue weighted by Gasteiger charge is 2.49. The van der Waals surface area contributed by atoms with Gasteiger partial charge in [0.15, 0.2) is 0 Å². The van der Waals surface area contributed by atoms with Crippen molar-refractivity contribution in [2.75, 3.05) is 13.2 Å². The molecule has 0 saturated carbocycles. The van der Waals surface area contributed by atoms with Gasteiger partial charge in [-0.15, -0.1) is 0 Å². The van der Waals surface area contributed by atoms with Crippen LogP contribution >= 0.6 is 0 Å². The minimum atomic E-state index is -1.01. The summed E-state index contributed by atoms with van der Waals surface area (Å²) in [5, 5.41) is 12.6. The molecule has 0 aliphatic carbocycles. The number of rotatable bonds is 3. The molecule has 2 fully saturated rings. The third kappa shape index (κ3) is 3.53. The van der Waals surface area contributed by atoms with Gasteiger partial charge in [0.25, 0.3) is 0 Å². The molecule has 2 unspecified atom stereocenters. The van der Waals surface area contributed by atoms with Crippen molar-refractivity contribution in [1.82, 2.24) is 9.88 Å². The number of morpholine rings is 1. The van der Waals surface area contributed by atoms with Crippen molar-refractivity contribution in [2.24, 2.45) is 0 Å². The zero-order chi connectivity index (χ0) is 20.6. The van der Waals surface area contributed by atoms with Gasteiger partial charge in [-0.2, -0.15) is 0 Å². The van der Waals surface area contributed by atoms with Crippen LogP contribution in [0.25, 0.3) is 10.9 Å². The molecule has 0 radical (unpaired) electrons. The number of hydrogen-bond acceptors (Lipinski definition) is 5. The lowest BCUT2D eigenvalue weighted by atomic mass is 9.76. The Labute approximate surface area is 175 Å². The van der Waals surface area contributed by atoms with E-state index in [1.165, 1.54) is 0 Å². The Morgan fingerprint density at radius 2 is 1.87 bits per heavy atom. The molecule has 2 aliphatic heterocycles. The molecule has 2 saturated heterocycles. The number of benzene rings is 2. The average Bonchev–Trinajstić information content (AvgIpc) is 2.77. The molecule has 6 heteroatoms. The van der Waals surface area contributed by atoms with E-state index in [2.05, 4.69) is 4.98 Å². The fourth-order valence-electron chi connectivity index (χ4n) is 4.67. The van der Waals surface area contributed by atoms with Gasteiger partial charge in [0, 0.05) is 24.4 Å². The Morgan fingerprint density at radius 1 is 1.10 bits per heavy atom. The maximum Gasteiger partial charge on any atom is 0.410 e. The predicted molar refractivity (Wildman–Crippen MR) is 112 cm³/mol. The van der Waals surface area contributed by atoms with Crippen molar-refractivity contribution >= 4 is 17.0 Å². The number of amides is 1. The summed E-state index contributed by atoms with van der Waals surface area (Å²) in [7, 11) is 0. The number of carbonyl (C=O) groups excluding carboxylic acids is 1. The van der Waals surface area contributed by atoms with Crippen molar-refractivity contribution in [2.45, 2.75) is 37.1 Å². The Bertz CT molecular complexity index is 1040. The Morgan fingerprint density at radius 3 is 2.63 bits per heavy atom. The van der Waals surface area contributed by atoms with E-state index in [1.54, 1.807) is 11.1 Å². The summed E-state index contributed by atoms with van der Waals surface area (Å²) in [5.41, 5.74) is 1.69. The van der Waals surface area contributed by atoms with Crippen molar-refractivity contribution in [3.8, 4) is 0 Å². The Balaban J connectivity index is 1.35. The van der Waals surface area contributed by atoms with Gasteiger partial charge in [-0.1, -0.05) is 42.5 Å². The minimum Gasteiger partial charge on any atom is -0.445 e. The highest BCUT2D eigenvalue weighted by Crippen LogP contribution is 2.42. The van der Waals surface area contributed by atoms with Gasteiger partial charge in [0.1, 0.15) is 6.61 Å². The van der Waals surface area contributed by atoms with Gasteiger partial charge in [-0.3, -0.25) is 9.88 Å². The van der Waals surface area contributed by atoms with E-state index in [-0.39, 0.29) is 24.8 Å². The van der Waals surface area contributed by atoms with Gasteiger partial charge in [0.05, 0.1) is 36.4 Å². The van der Waals surface area contributed by atoms with Crippen LogP contribution in [0.1, 0.15) is 24.0 Å². The highest BCUT2D eigenvalue weighted by molar-refractivity contribution is 5.79. The molecule has 2 bridgehead atoms. The molecule has 154 valence electrons. The van der Waals surface area contributed by atoms with Crippen LogP contribution in [0.15, 0.2) is 66.9 Å². The highest BCUT2D eigenvalue weighted by atomic mass is 16.6. The molecule has 0 spiro atoms. The lowest BCUT2D eigenvalue weighted by molar-refractivity contribution is -0.136. The molecular formula is C24H24N2O4. The number of aliphatic hydroxyl groups is 1. The van der Waals surface area contributed by atoms with Crippen LogP contribution in [-0.2, 0) is 21.7 Å². The van der Waals surface area contributed by atoms with Crippen LogP contribution in [0.2, 0.25) is 0 Å². The summed E-state index contributed by atoms with van der Waals surface area (Å²) in [4.78, 5) is 19.0. The van der Waals surface area contributed by atoms with Gasteiger partial charge in [0.2, 0.25) is 0 Å². The summed E-state index contributed by atoms with van der Waals surface area (Å²) < 4.78 is 11.3. The predicted octanol–water partition coefficient (Wildman–Crippen LogP) is 3.62. The van der Waals surface area contributed by atoms with E-state index in [9.17, 15) is 9.90 Å². The van der Waals surface area contributed by atoms with Crippen LogP contribution in [0, 0.1) is 0 Å². The molecular weight excluding hydrogens is 380 g/mol. The second kappa shape index (κ2) is 7.70. The number of aromatic nitrogens is 1. The molecule has 2 aromatic carbocycles. The van der Waals surface area contributed by atoms with Crippen LogP contribution in [-0.4, -0.2) is 46.4 Å². The van der Waals surface area contributed by atoms with Gasteiger partial charge in [-0.05, 0) is 29.3 Å². The molecule has 1 aromatic heterocycles. The largest absolute Gasteiger partial charge is 0.445 e. The summed E-state index contributed by atoms with van der Waals surface area (Å²) in [6.07, 6.45) is 2.24. The number of piperidine rings is 1. The van der Waals surface area contributed by atoms with E-state index < -0.39 is 5.60 Å². The summed E-state index contributed by atoms with van der Waals surface area (Å²) in [6.45, 7) is 1.03. The van der Waals surface area contributed by atoms with E-state index in [4.69, 9.17) is 9.47 Å². The third-order valence-electron chi connectivity index (χ3n) is 6.11. The molecule has 2 aliphatic rings. The molecule has 1 amide bonds. The van der Waals surface area contributed by atoms with Gasteiger partial charge < -0.3 is 14.6 Å². The number of ether oxygens (including phenoxy) is 2. The van der Waals surface area contributed by atoms with Gasteiger partial charge >= 0.3 is 6.09 Å². The molecule has 3 aromatic rings. The first-order valence-corrected chi connectivity index (χ1v) is 10.3. The number of hydrogen-bond donors (Lipinski definition) is 1. The second-order valence-corrected chi connectivity index (χ2v) is 8.14. The molecule has 2 atom stereocenters. The zero-order valence-corrected chi connectivity index (χ0v) is 16.6. The van der Waals surface area contributed by atoms with E-state index in [0.717, 1.165) is 22.0 Å². The lowest BCUT2D eigenvalue weighted by Gasteiger charge is -2.51. The topological polar surface area (TPSA) is 71.9 Å². The second-order valence-electron chi connectivity index (χ2n) is 8.14. The molecule has 1 N–H and O–H groups in total. The maximum absolute atomic E-state index is 12.9. The fraction of sp³-hybridized carbons (Fsp3) is 0.333. The van der Waals surface area contributed by atoms with Crippen molar-refractivity contribution in [1.29, 1.82) is 0 Å². The average molecular weight is 404 g/mol. The lowest BCUT2D eigenvalue weighted by Crippen LogP contribution is -2.62. The standard InChI is InChI=1S/C24H24N2O4/c27-23(30-14-17-5-2-1-3-6-17)26-20-12-24(28,13-21(26)16-29-15-20)19-8-9-22-18(11-19)7-4-10-25-22/h1-11,20-21,28H,12-16H2.